The van der Waals surface area contributed by atoms with Gasteiger partial charge in [0, 0.05) is 5.92 Å². The molecule has 2 heteroatoms. The lowest BCUT2D eigenvalue weighted by molar-refractivity contribution is 0.149. The zero-order valence-corrected chi connectivity index (χ0v) is 11.6. The molecule has 1 aliphatic rings. The van der Waals surface area contributed by atoms with Crippen molar-refractivity contribution in [2.75, 3.05) is 6.61 Å². The van der Waals surface area contributed by atoms with Crippen molar-refractivity contribution in [3.05, 3.63) is 0 Å². The van der Waals surface area contributed by atoms with E-state index in [1.165, 1.54) is 51.4 Å². The van der Waals surface area contributed by atoms with E-state index in [2.05, 4.69) is 13.8 Å². The maximum absolute atomic E-state index is 6.13. The van der Waals surface area contributed by atoms with E-state index in [1.54, 1.807) is 0 Å². The lowest BCUT2D eigenvalue weighted by Gasteiger charge is -2.15. The Morgan fingerprint density at radius 3 is 2.25 bits per heavy atom. The second-order valence-corrected chi connectivity index (χ2v) is 5.67. The molecule has 1 nitrogen and oxygen atoms in total. The van der Waals surface area contributed by atoms with Gasteiger partial charge in [0.05, 0.1) is 6.61 Å². The van der Waals surface area contributed by atoms with Crippen LogP contribution >= 0.6 is 11.6 Å². The van der Waals surface area contributed by atoms with Crippen molar-refractivity contribution in [1.82, 2.24) is 0 Å². The minimum absolute atomic E-state index is 0.0184. The third-order valence-corrected chi connectivity index (χ3v) is 4.18. The molecule has 1 aliphatic heterocycles. The Morgan fingerprint density at radius 1 is 1.06 bits per heavy atom. The summed E-state index contributed by atoms with van der Waals surface area (Å²) in [5.41, 5.74) is -0.0184. The summed E-state index contributed by atoms with van der Waals surface area (Å²) in [7, 11) is 0. The average molecular weight is 247 g/mol. The van der Waals surface area contributed by atoms with E-state index in [9.17, 15) is 0 Å². The number of ether oxygens (including phenoxy) is 1. The van der Waals surface area contributed by atoms with E-state index in [4.69, 9.17) is 16.3 Å². The van der Waals surface area contributed by atoms with Crippen LogP contribution in [0.4, 0.5) is 0 Å². The number of unbranched alkanes of at least 4 members (excludes halogenated alkanes) is 6. The van der Waals surface area contributed by atoms with Gasteiger partial charge < -0.3 is 4.74 Å². The topological polar surface area (TPSA) is 9.23 Å². The van der Waals surface area contributed by atoms with Crippen LogP contribution in [-0.4, -0.2) is 12.2 Å². The van der Waals surface area contributed by atoms with Gasteiger partial charge in [0.2, 0.25) is 0 Å². The molecule has 0 N–H and O–H groups in total. The summed E-state index contributed by atoms with van der Waals surface area (Å²) in [4.78, 5) is 0. The zero-order valence-electron chi connectivity index (χ0n) is 10.9. The molecule has 0 amide bonds. The summed E-state index contributed by atoms with van der Waals surface area (Å²) in [5, 5.41) is 0. The lowest BCUT2D eigenvalue weighted by atomic mass is 9.92. The molecule has 16 heavy (non-hydrogen) atoms. The lowest BCUT2D eigenvalue weighted by Crippen LogP contribution is -2.13. The second-order valence-electron chi connectivity index (χ2n) is 5.24. The van der Waals surface area contributed by atoms with Gasteiger partial charge in [-0.2, -0.15) is 0 Å². The first-order chi connectivity index (χ1) is 7.75. The van der Waals surface area contributed by atoms with E-state index < -0.39 is 0 Å². The smallest absolute Gasteiger partial charge is 0.134 e. The summed E-state index contributed by atoms with van der Waals surface area (Å²) in [6.07, 6.45) is 10.9. The van der Waals surface area contributed by atoms with E-state index in [-0.39, 0.29) is 5.56 Å². The summed E-state index contributed by atoms with van der Waals surface area (Å²) in [5.74, 6) is 1.25. The molecule has 0 aromatic heterocycles. The summed E-state index contributed by atoms with van der Waals surface area (Å²) in [6, 6.07) is 0. The Morgan fingerprint density at radius 2 is 1.69 bits per heavy atom. The standard InChI is InChI=1S/C14H27ClO/c1-3-4-5-6-7-8-9-10-13-12(2)11-16-14(13)15/h12-14H,3-11H2,1-2H3. The van der Waals surface area contributed by atoms with Gasteiger partial charge in [0.25, 0.3) is 0 Å². The second kappa shape index (κ2) is 8.36. The Kier molecular flexibility index (Phi) is 7.47. The van der Waals surface area contributed by atoms with Crippen LogP contribution in [0.5, 0.6) is 0 Å². The molecular weight excluding hydrogens is 220 g/mol. The summed E-state index contributed by atoms with van der Waals surface area (Å²) in [6.45, 7) is 5.38. The molecule has 0 saturated carbocycles. The van der Waals surface area contributed by atoms with Gasteiger partial charge >= 0.3 is 0 Å². The first kappa shape index (κ1) is 14.3. The quantitative estimate of drug-likeness (QED) is 0.434. The molecule has 3 atom stereocenters. The normalized spacial score (nSPS) is 29.8. The Labute approximate surface area is 106 Å². The molecule has 0 aromatic carbocycles. The van der Waals surface area contributed by atoms with Crippen LogP contribution in [0, 0.1) is 11.8 Å². The SMILES string of the molecule is CCCCCCCCCC1C(C)COC1Cl. The number of hydrogen-bond acceptors (Lipinski definition) is 1. The van der Waals surface area contributed by atoms with Crippen LogP contribution in [0.15, 0.2) is 0 Å². The van der Waals surface area contributed by atoms with Crippen LogP contribution in [0.2, 0.25) is 0 Å². The van der Waals surface area contributed by atoms with E-state index >= 15 is 0 Å². The molecule has 3 unspecified atom stereocenters. The van der Waals surface area contributed by atoms with Crippen molar-refractivity contribution >= 4 is 11.6 Å². The number of rotatable bonds is 8. The van der Waals surface area contributed by atoms with Crippen LogP contribution in [-0.2, 0) is 4.74 Å². The minimum Gasteiger partial charge on any atom is -0.362 e. The zero-order chi connectivity index (χ0) is 11.8. The maximum atomic E-state index is 6.13. The van der Waals surface area contributed by atoms with Gasteiger partial charge in [-0.05, 0) is 12.3 Å². The highest BCUT2D eigenvalue weighted by molar-refractivity contribution is 6.20. The highest BCUT2D eigenvalue weighted by Crippen LogP contribution is 2.33. The molecule has 1 heterocycles. The van der Waals surface area contributed by atoms with Crippen molar-refractivity contribution in [3.8, 4) is 0 Å². The summed E-state index contributed by atoms with van der Waals surface area (Å²) < 4.78 is 5.45. The number of halogens is 1. The Hall–Kier alpha value is 0.250. The Bertz CT molecular complexity index is 162. The molecule has 0 spiro atoms. The van der Waals surface area contributed by atoms with Gasteiger partial charge in [0.15, 0.2) is 0 Å². The number of alkyl halides is 1. The molecule has 0 aromatic rings. The molecule has 0 aliphatic carbocycles. The van der Waals surface area contributed by atoms with Gasteiger partial charge in [0.1, 0.15) is 5.56 Å². The van der Waals surface area contributed by atoms with Gasteiger partial charge in [-0.3, -0.25) is 0 Å². The third-order valence-electron chi connectivity index (χ3n) is 3.73. The molecule has 0 bridgehead atoms. The van der Waals surface area contributed by atoms with Crippen LogP contribution in [0.1, 0.15) is 65.2 Å². The van der Waals surface area contributed by atoms with Gasteiger partial charge in [-0.25, -0.2) is 0 Å². The fraction of sp³-hybridized carbons (Fsp3) is 1.00. The maximum Gasteiger partial charge on any atom is 0.134 e. The Balaban J connectivity index is 1.94. The van der Waals surface area contributed by atoms with Gasteiger partial charge in [-0.1, -0.05) is 70.4 Å². The van der Waals surface area contributed by atoms with Crippen LogP contribution in [0.3, 0.4) is 0 Å². The van der Waals surface area contributed by atoms with Crippen molar-refractivity contribution < 1.29 is 4.74 Å². The molecule has 0 radical (unpaired) electrons. The fourth-order valence-electron chi connectivity index (χ4n) is 2.50. The third kappa shape index (κ3) is 5.05. The molecular formula is C14H27ClO. The van der Waals surface area contributed by atoms with Crippen LogP contribution in [0.25, 0.3) is 0 Å². The van der Waals surface area contributed by atoms with Crippen molar-refractivity contribution in [2.45, 2.75) is 70.8 Å². The first-order valence-corrected chi connectivity index (χ1v) is 7.45. The first-order valence-electron chi connectivity index (χ1n) is 7.01. The monoisotopic (exact) mass is 246 g/mol. The average Bonchev–Trinajstić information content (AvgIpc) is 2.59. The highest BCUT2D eigenvalue weighted by atomic mass is 35.5. The number of hydrogen-bond donors (Lipinski definition) is 0. The minimum atomic E-state index is -0.0184. The summed E-state index contributed by atoms with van der Waals surface area (Å²) >= 11 is 6.13. The van der Waals surface area contributed by atoms with E-state index in [0.717, 1.165) is 6.61 Å². The molecule has 1 rings (SSSR count). The molecule has 96 valence electrons. The molecule has 1 fully saturated rings. The van der Waals surface area contributed by atoms with Crippen molar-refractivity contribution in [3.63, 3.8) is 0 Å². The highest BCUT2D eigenvalue weighted by Gasteiger charge is 2.32. The largest absolute Gasteiger partial charge is 0.362 e. The van der Waals surface area contributed by atoms with E-state index in [1.807, 2.05) is 0 Å². The fourth-order valence-corrected chi connectivity index (χ4v) is 2.95. The molecule has 1 saturated heterocycles. The predicted molar refractivity (Wildman–Crippen MR) is 70.9 cm³/mol. The van der Waals surface area contributed by atoms with Crippen LogP contribution < -0.4 is 0 Å². The predicted octanol–water partition coefficient (Wildman–Crippen LogP) is 4.97. The van der Waals surface area contributed by atoms with Gasteiger partial charge in [-0.15, -0.1) is 0 Å². The van der Waals surface area contributed by atoms with Crippen molar-refractivity contribution in [2.24, 2.45) is 11.8 Å². The van der Waals surface area contributed by atoms with E-state index in [0.29, 0.717) is 11.8 Å². The van der Waals surface area contributed by atoms with Crippen molar-refractivity contribution in [1.29, 1.82) is 0 Å².